The molecule has 0 aliphatic carbocycles. The summed E-state index contributed by atoms with van der Waals surface area (Å²) in [6, 6.07) is 18.9. The summed E-state index contributed by atoms with van der Waals surface area (Å²) in [6.45, 7) is 1.76. The van der Waals surface area contributed by atoms with Gasteiger partial charge in [0, 0.05) is 35.1 Å². The van der Waals surface area contributed by atoms with Crippen LogP contribution in [0, 0.1) is 0 Å². The van der Waals surface area contributed by atoms with Crippen LogP contribution >= 0.6 is 11.3 Å². The molecule has 2 aromatic carbocycles. The van der Waals surface area contributed by atoms with Gasteiger partial charge in [-0.3, -0.25) is 24.3 Å². The second-order valence-corrected chi connectivity index (χ2v) is 8.47. The van der Waals surface area contributed by atoms with Crippen molar-refractivity contribution in [2.24, 2.45) is 0 Å². The Bertz CT molecular complexity index is 1280. The highest BCUT2D eigenvalue weighted by molar-refractivity contribution is 7.10. The van der Waals surface area contributed by atoms with E-state index in [1.54, 1.807) is 24.3 Å². The first-order chi connectivity index (χ1) is 16.5. The summed E-state index contributed by atoms with van der Waals surface area (Å²) in [5, 5.41) is 4.80. The maximum atomic E-state index is 13.7. The predicted molar refractivity (Wildman–Crippen MR) is 131 cm³/mol. The van der Waals surface area contributed by atoms with Gasteiger partial charge in [0.2, 0.25) is 5.91 Å². The SMILES string of the molecule is CC(=O)c1cccc(N(C(=O)c2cnccn2)[C@H](C(=O)NCc2ccccc2)c2cccs2)c1. The number of rotatable bonds is 8. The number of ketones is 1. The lowest BCUT2D eigenvalue weighted by Crippen LogP contribution is -2.44. The minimum Gasteiger partial charge on any atom is -0.350 e. The third-order valence-corrected chi connectivity index (χ3v) is 6.09. The van der Waals surface area contributed by atoms with Crippen molar-refractivity contribution < 1.29 is 14.4 Å². The molecule has 0 fully saturated rings. The number of carbonyl (C=O) groups is 3. The van der Waals surface area contributed by atoms with Crippen molar-refractivity contribution >= 4 is 34.6 Å². The van der Waals surface area contributed by atoms with Gasteiger partial charge in [0.15, 0.2) is 11.8 Å². The maximum Gasteiger partial charge on any atom is 0.279 e. The number of hydrogen-bond donors (Lipinski definition) is 1. The number of amides is 2. The maximum absolute atomic E-state index is 13.7. The minimum atomic E-state index is -0.972. The van der Waals surface area contributed by atoms with Crippen molar-refractivity contribution in [1.82, 2.24) is 15.3 Å². The quantitative estimate of drug-likeness (QED) is 0.384. The van der Waals surface area contributed by atoms with E-state index in [0.29, 0.717) is 22.7 Å². The van der Waals surface area contributed by atoms with Crippen molar-refractivity contribution in [3.05, 3.63) is 112 Å². The van der Waals surface area contributed by atoms with Gasteiger partial charge in [0.1, 0.15) is 5.69 Å². The summed E-state index contributed by atoms with van der Waals surface area (Å²) in [7, 11) is 0. The molecule has 0 bridgehead atoms. The molecule has 0 aliphatic heterocycles. The van der Waals surface area contributed by atoms with Gasteiger partial charge in [0.05, 0.1) is 6.20 Å². The van der Waals surface area contributed by atoms with Gasteiger partial charge in [-0.15, -0.1) is 11.3 Å². The summed E-state index contributed by atoms with van der Waals surface area (Å²) >= 11 is 1.37. The molecule has 0 radical (unpaired) electrons. The molecule has 0 spiro atoms. The number of hydrogen-bond acceptors (Lipinski definition) is 6. The first kappa shape index (κ1) is 23.0. The third kappa shape index (κ3) is 5.24. The molecule has 170 valence electrons. The van der Waals surface area contributed by atoms with Crippen LogP contribution in [-0.2, 0) is 11.3 Å². The number of thiophene rings is 1. The Morgan fingerprint density at radius 1 is 1.00 bits per heavy atom. The number of anilines is 1. The van der Waals surface area contributed by atoms with Crippen LogP contribution in [0.25, 0.3) is 0 Å². The lowest BCUT2D eigenvalue weighted by atomic mass is 10.1. The van der Waals surface area contributed by atoms with Crippen LogP contribution in [0.3, 0.4) is 0 Å². The molecule has 0 saturated heterocycles. The minimum absolute atomic E-state index is 0.0909. The van der Waals surface area contributed by atoms with E-state index in [4.69, 9.17) is 0 Å². The molecular weight excluding hydrogens is 448 g/mol. The third-order valence-electron chi connectivity index (χ3n) is 5.16. The number of nitrogens with zero attached hydrogens (tertiary/aromatic N) is 3. The van der Waals surface area contributed by atoms with Crippen LogP contribution in [0.1, 0.15) is 44.3 Å². The van der Waals surface area contributed by atoms with E-state index in [1.807, 2.05) is 47.8 Å². The first-order valence-corrected chi connectivity index (χ1v) is 11.5. The van der Waals surface area contributed by atoms with Crippen molar-refractivity contribution in [2.45, 2.75) is 19.5 Å². The Hall–Kier alpha value is -4.17. The smallest absolute Gasteiger partial charge is 0.279 e. The lowest BCUT2D eigenvalue weighted by Gasteiger charge is -2.30. The second kappa shape index (κ2) is 10.6. The fourth-order valence-electron chi connectivity index (χ4n) is 3.49. The molecule has 0 saturated carbocycles. The van der Waals surface area contributed by atoms with Crippen molar-refractivity contribution in [3.63, 3.8) is 0 Å². The highest BCUT2D eigenvalue weighted by Crippen LogP contribution is 2.32. The Morgan fingerprint density at radius 2 is 1.82 bits per heavy atom. The van der Waals surface area contributed by atoms with Gasteiger partial charge >= 0.3 is 0 Å². The van der Waals surface area contributed by atoms with Gasteiger partial charge in [-0.05, 0) is 36.1 Å². The van der Waals surface area contributed by atoms with E-state index in [-0.39, 0.29) is 17.4 Å². The van der Waals surface area contributed by atoms with Gasteiger partial charge in [-0.25, -0.2) is 4.98 Å². The Kier molecular flexibility index (Phi) is 7.19. The summed E-state index contributed by atoms with van der Waals surface area (Å²) in [5.74, 6) is -0.992. The summed E-state index contributed by atoms with van der Waals surface area (Å²) in [6.07, 6.45) is 4.26. The molecule has 8 heteroatoms. The molecule has 7 nitrogen and oxygen atoms in total. The highest BCUT2D eigenvalue weighted by Gasteiger charge is 2.35. The number of carbonyl (C=O) groups excluding carboxylic acids is 3. The molecule has 4 rings (SSSR count). The summed E-state index contributed by atoms with van der Waals surface area (Å²) in [5.41, 5.74) is 1.87. The zero-order valence-corrected chi connectivity index (χ0v) is 19.2. The highest BCUT2D eigenvalue weighted by atomic mass is 32.1. The lowest BCUT2D eigenvalue weighted by molar-refractivity contribution is -0.122. The van der Waals surface area contributed by atoms with Crippen LogP contribution in [-0.4, -0.2) is 27.6 Å². The van der Waals surface area contributed by atoms with E-state index in [0.717, 1.165) is 5.56 Å². The molecule has 34 heavy (non-hydrogen) atoms. The molecular formula is C26H22N4O3S. The molecule has 1 atom stereocenters. The summed E-state index contributed by atoms with van der Waals surface area (Å²) < 4.78 is 0. The number of benzene rings is 2. The number of aromatic nitrogens is 2. The monoisotopic (exact) mass is 470 g/mol. The zero-order valence-electron chi connectivity index (χ0n) is 18.4. The van der Waals surface area contributed by atoms with Crippen LogP contribution in [0.4, 0.5) is 5.69 Å². The molecule has 4 aromatic rings. The molecule has 0 aliphatic rings. The van der Waals surface area contributed by atoms with Crippen LogP contribution in [0.2, 0.25) is 0 Å². The van der Waals surface area contributed by atoms with Crippen LogP contribution in [0.5, 0.6) is 0 Å². The van der Waals surface area contributed by atoms with E-state index >= 15 is 0 Å². The van der Waals surface area contributed by atoms with Gasteiger partial charge in [-0.1, -0.05) is 48.5 Å². The van der Waals surface area contributed by atoms with Crippen molar-refractivity contribution in [3.8, 4) is 0 Å². The Morgan fingerprint density at radius 3 is 2.50 bits per heavy atom. The van der Waals surface area contributed by atoms with Gasteiger partial charge in [-0.2, -0.15) is 0 Å². The number of Topliss-reactive ketones (excluding diaryl/α,β-unsaturated/α-hetero) is 1. The number of nitrogens with one attached hydrogen (secondary N) is 1. The summed E-state index contributed by atoms with van der Waals surface area (Å²) in [4.78, 5) is 49.5. The van der Waals surface area contributed by atoms with Crippen molar-refractivity contribution in [2.75, 3.05) is 4.90 Å². The fourth-order valence-corrected chi connectivity index (χ4v) is 4.31. The van der Waals surface area contributed by atoms with E-state index in [1.165, 1.54) is 41.8 Å². The van der Waals surface area contributed by atoms with Crippen molar-refractivity contribution in [1.29, 1.82) is 0 Å². The zero-order chi connectivity index (χ0) is 23.9. The molecule has 1 N–H and O–H groups in total. The van der Waals surface area contributed by atoms with Gasteiger partial charge < -0.3 is 5.32 Å². The fraction of sp³-hybridized carbons (Fsp3) is 0.115. The van der Waals surface area contributed by atoms with Gasteiger partial charge in [0.25, 0.3) is 5.91 Å². The molecule has 0 unspecified atom stereocenters. The molecule has 2 heterocycles. The average molecular weight is 471 g/mol. The Balaban J connectivity index is 1.78. The topological polar surface area (TPSA) is 92.3 Å². The van der Waals surface area contributed by atoms with E-state index in [9.17, 15) is 14.4 Å². The van der Waals surface area contributed by atoms with Crippen LogP contribution in [0.15, 0.2) is 90.7 Å². The Labute approximate surface area is 201 Å². The molecule has 2 aromatic heterocycles. The first-order valence-electron chi connectivity index (χ1n) is 10.6. The van der Waals surface area contributed by atoms with E-state index in [2.05, 4.69) is 15.3 Å². The van der Waals surface area contributed by atoms with Crippen LogP contribution < -0.4 is 10.2 Å². The van der Waals surface area contributed by atoms with E-state index < -0.39 is 11.9 Å². The predicted octanol–water partition coefficient (Wildman–Crippen LogP) is 4.45. The average Bonchev–Trinajstić information content (AvgIpc) is 3.41. The second-order valence-electron chi connectivity index (χ2n) is 7.49. The normalized spacial score (nSPS) is 11.4. The standard InChI is InChI=1S/C26H22N4O3S/c1-18(31)20-9-5-10-21(15-20)30(26(33)22-17-27-12-13-28-22)24(23-11-6-14-34-23)25(32)29-16-19-7-3-2-4-8-19/h2-15,17,24H,16H2,1H3,(H,29,32)/t24-/m0/s1. The molecule has 2 amide bonds. The largest absolute Gasteiger partial charge is 0.350 e.